The molecule has 2 rings (SSSR count). The molecule has 1 aromatic rings. The molecule has 2 heterocycles. The number of likely N-dealkylation sites (tertiary alicyclic amines) is 1. The number of hydrogen-bond donors (Lipinski definition) is 1. The maximum atomic E-state index is 12.5. The Balaban J connectivity index is 0.00000242. The topological polar surface area (TPSA) is 59.2 Å². The van der Waals surface area contributed by atoms with Crippen molar-refractivity contribution in [2.24, 2.45) is 11.7 Å². The molecule has 0 aromatic carbocycles. The van der Waals surface area contributed by atoms with E-state index in [9.17, 15) is 4.79 Å². The van der Waals surface area contributed by atoms with Crippen LogP contribution >= 0.6 is 23.7 Å². The van der Waals surface area contributed by atoms with Gasteiger partial charge in [-0.1, -0.05) is 27.2 Å². The highest BCUT2D eigenvalue weighted by atomic mass is 35.5. The van der Waals surface area contributed by atoms with Crippen LogP contribution < -0.4 is 5.73 Å². The first-order chi connectivity index (χ1) is 10.1. The lowest BCUT2D eigenvalue weighted by molar-refractivity contribution is -0.135. The Morgan fingerprint density at radius 3 is 2.86 bits per heavy atom. The maximum Gasteiger partial charge on any atom is 0.239 e. The number of carbonyl (C=O) groups is 1. The van der Waals surface area contributed by atoms with Gasteiger partial charge in [0.15, 0.2) is 0 Å². The molecule has 0 saturated carbocycles. The van der Waals surface area contributed by atoms with E-state index in [1.54, 1.807) is 11.3 Å². The Bertz CT molecular complexity index is 480. The quantitative estimate of drug-likeness (QED) is 0.891. The number of halogens is 1. The molecule has 0 radical (unpaired) electrons. The molecule has 1 aliphatic heterocycles. The highest BCUT2D eigenvalue weighted by molar-refractivity contribution is 7.09. The van der Waals surface area contributed by atoms with Crippen LogP contribution in [0, 0.1) is 5.92 Å². The van der Waals surface area contributed by atoms with Gasteiger partial charge >= 0.3 is 0 Å². The molecule has 3 unspecified atom stereocenters. The molecule has 1 aliphatic rings. The molecule has 1 aromatic heterocycles. The molecule has 1 amide bonds. The number of aryl methyl sites for hydroxylation is 1. The standard InChI is InChI=1S/C16H27N3OS.ClH/c1-4-11(3)14(17)16(20)19-8-6-7-12(9-19)15-18-13(5-2)10-21-15;/h10-12,14H,4-9,17H2,1-3H3;1H. The number of thiazole rings is 1. The fourth-order valence-corrected chi connectivity index (χ4v) is 3.79. The maximum absolute atomic E-state index is 12.5. The summed E-state index contributed by atoms with van der Waals surface area (Å²) in [6.45, 7) is 7.88. The van der Waals surface area contributed by atoms with Crippen LogP contribution in [0.3, 0.4) is 0 Å². The number of carbonyl (C=O) groups excluding carboxylic acids is 1. The van der Waals surface area contributed by atoms with Gasteiger partial charge in [0.05, 0.1) is 16.7 Å². The number of amides is 1. The summed E-state index contributed by atoms with van der Waals surface area (Å²) in [4.78, 5) is 19.2. The Labute approximate surface area is 143 Å². The lowest BCUT2D eigenvalue weighted by Crippen LogP contribution is -2.50. The van der Waals surface area contributed by atoms with Gasteiger partial charge in [0.1, 0.15) is 0 Å². The molecule has 6 heteroatoms. The predicted molar refractivity (Wildman–Crippen MR) is 94.7 cm³/mol. The van der Waals surface area contributed by atoms with E-state index >= 15 is 0 Å². The number of hydrogen-bond acceptors (Lipinski definition) is 4. The van der Waals surface area contributed by atoms with Crippen LogP contribution in [-0.4, -0.2) is 34.9 Å². The normalized spacial score (nSPS) is 21.1. The minimum absolute atomic E-state index is 0. The fraction of sp³-hybridized carbons (Fsp3) is 0.750. The van der Waals surface area contributed by atoms with Crippen molar-refractivity contribution in [2.75, 3.05) is 13.1 Å². The second kappa shape index (κ2) is 8.85. The first kappa shape index (κ1) is 19.4. The van der Waals surface area contributed by atoms with Crippen molar-refractivity contribution in [1.82, 2.24) is 9.88 Å². The molecule has 0 bridgehead atoms. The van der Waals surface area contributed by atoms with E-state index in [0.29, 0.717) is 5.92 Å². The third-order valence-electron chi connectivity index (χ3n) is 4.56. The number of nitrogens with zero attached hydrogens (tertiary/aromatic N) is 2. The molecule has 0 aliphatic carbocycles. The van der Waals surface area contributed by atoms with Gasteiger partial charge in [0.25, 0.3) is 0 Å². The van der Waals surface area contributed by atoms with Crippen molar-refractivity contribution in [3.05, 3.63) is 16.1 Å². The summed E-state index contributed by atoms with van der Waals surface area (Å²) in [6.07, 6.45) is 4.09. The Kier molecular flexibility index (Phi) is 7.80. The van der Waals surface area contributed by atoms with E-state index < -0.39 is 0 Å². The van der Waals surface area contributed by atoms with Gasteiger partial charge in [-0.25, -0.2) is 4.98 Å². The van der Waals surface area contributed by atoms with Crippen LogP contribution in [0.5, 0.6) is 0 Å². The van der Waals surface area contributed by atoms with Gasteiger partial charge in [-0.3, -0.25) is 4.79 Å². The second-order valence-electron chi connectivity index (χ2n) is 6.07. The molecule has 0 spiro atoms. The Hall–Kier alpha value is -0.650. The van der Waals surface area contributed by atoms with Crippen molar-refractivity contribution in [3.63, 3.8) is 0 Å². The summed E-state index contributed by atoms with van der Waals surface area (Å²) < 4.78 is 0. The monoisotopic (exact) mass is 345 g/mol. The summed E-state index contributed by atoms with van der Waals surface area (Å²) in [7, 11) is 0. The Morgan fingerprint density at radius 2 is 2.27 bits per heavy atom. The molecule has 2 N–H and O–H groups in total. The molecule has 1 saturated heterocycles. The Morgan fingerprint density at radius 1 is 1.55 bits per heavy atom. The van der Waals surface area contributed by atoms with Gasteiger partial charge in [-0.05, 0) is 25.2 Å². The lowest BCUT2D eigenvalue weighted by atomic mass is 9.95. The molecule has 3 atom stereocenters. The molecule has 4 nitrogen and oxygen atoms in total. The second-order valence-corrected chi connectivity index (χ2v) is 6.96. The molecule has 22 heavy (non-hydrogen) atoms. The first-order valence-electron chi connectivity index (χ1n) is 8.05. The predicted octanol–water partition coefficient (Wildman–Crippen LogP) is 3.21. The average Bonchev–Trinajstić information content (AvgIpc) is 3.02. The van der Waals surface area contributed by atoms with E-state index in [0.717, 1.165) is 44.5 Å². The molecular formula is C16H28ClN3OS. The third kappa shape index (κ3) is 4.43. The smallest absolute Gasteiger partial charge is 0.239 e. The zero-order valence-corrected chi connectivity index (χ0v) is 15.4. The summed E-state index contributed by atoms with van der Waals surface area (Å²) in [6, 6.07) is -0.365. The number of nitrogens with two attached hydrogens (primary N) is 1. The fourth-order valence-electron chi connectivity index (χ4n) is 2.76. The van der Waals surface area contributed by atoms with Crippen LogP contribution in [0.25, 0.3) is 0 Å². The van der Waals surface area contributed by atoms with Crippen LogP contribution in [0.2, 0.25) is 0 Å². The first-order valence-corrected chi connectivity index (χ1v) is 8.93. The van der Waals surface area contributed by atoms with Crippen molar-refractivity contribution in [1.29, 1.82) is 0 Å². The van der Waals surface area contributed by atoms with Crippen molar-refractivity contribution < 1.29 is 4.79 Å². The zero-order valence-electron chi connectivity index (χ0n) is 13.7. The van der Waals surface area contributed by atoms with Crippen LogP contribution in [0.15, 0.2) is 5.38 Å². The lowest BCUT2D eigenvalue weighted by Gasteiger charge is -2.34. The van der Waals surface area contributed by atoms with E-state index in [-0.39, 0.29) is 30.3 Å². The highest BCUT2D eigenvalue weighted by Gasteiger charge is 2.30. The summed E-state index contributed by atoms with van der Waals surface area (Å²) in [5.41, 5.74) is 7.27. The summed E-state index contributed by atoms with van der Waals surface area (Å²) in [5.74, 6) is 0.739. The van der Waals surface area contributed by atoms with Crippen molar-refractivity contribution in [2.45, 2.75) is 58.4 Å². The van der Waals surface area contributed by atoms with Crippen molar-refractivity contribution in [3.8, 4) is 0 Å². The summed E-state index contributed by atoms with van der Waals surface area (Å²) in [5, 5.41) is 3.32. The number of aromatic nitrogens is 1. The largest absolute Gasteiger partial charge is 0.341 e. The number of piperidine rings is 1. The van der Waals surface area contributed by atoms with Crippen LogP contribution in [0.1, 0.15) is 56.7 Å². The average molecular weight is 346 g/mol. The highest BCUT2D eigenvalue weighted by Crippen LogP contribution is 2.30. The van der Waals surface area contributed by atoms with Gasteiger partial charge in [-0.2, -0.15) is 0 Å². The van der Waals surface area contributed by atoms with E-state index in [4.69, 9.17) is 10.7 Å². The molecule has 126 valence electrons. The van der Waals surface area contributed by atoms with Gasteiger partial charge in [0.2, 0.25) is 5.91 Å². The summed E-state index contributed by atoms with van der Waals surface area (Å²) >= 11 is 1.73. The van der Waals surface area contributed by atoms with E-state index in [1.165, 1.54) is 5.01 Å². The van der Waals surface area contributed by atoms with Gasteiger partial charge in [-0.15, -0.1) is 23.7 Å². The van der Waals surface area contributed by atoms with Gasteiger partial charge in [0, 0.05) is 24.4 Å². The molecule has 1 fully saturated rings. The zero-order chi connectivity index (χ0) is 15.4. The SMILES string of the molecule is CCc1csc(C2CCCN(C(=O)C(N)C(C)CC)C2)n1.Cl. The van der Waals surface area contributed by atoms with E-state index in [2.05, 4.69) is 26.2 Å². The third-order valence-corrected chi connectivity index (χ3v) is 5.61. The van der Waals surface area contributed by atoms with E-state index in [1.807, 2.05) is 4.90 Å². The van der Waals surface area contributed by atoms with Crippen LogP contribution in [0.4, 0.5) is 0 Å². The minimum Gasteiger partial charge on any atom is -0.341 e. The minimum atomic E-state index is -0.365. The number of rotatable bonds is 5. The van der Waals surface area contributed by atoms with Crippen LogP contribution in [-0.2, 0) is 11.2 Å². The van der Waals surface area contributed by atoms with Crippen molar-refractivity contribution >= 4 is 29.7 Å². The molecular weight excluding hydrogens is 318 g/mol. The van der Waals surface area contributed by atoms with Gasteiger partial charge < -0.3 is 10.6 Å².